The number of hydrogen-bond acceptors (Lipinski definition) is 4. The predicted molar refractivity (Wildman–Crippen MR) is 132 cm³/mol. The second kappa shape index (κ2) is 6.53. The molecule has 142 valence electrons. The van der Waals surface area contributed by atoms with Gasteiger partial charge in [-0.15, -0.1) is 45.3 Å². The first-order chi connectivity index (χ1) is 13.3. The first kappa shape index (κ1) is 18.6. The zero-order chi connectivity index (χ0) is 19.7. The van der Waals surface area contributed by atoms with Crippen molar-refractivity contribution in [2.45, 2.75) is 41.5 Å². The molecule has 0 aliphatic rings. The van der Waals surface area contributed by atoms with Crippen molar-refractivity contribution < 1.29 is 0 Å². The molecule has 0 unspecified atom stereocenters. The summed E-state index contributed by atoms with van der Waals surface area (Å²) in [5.41, 5.74) is 5.67. The molecule has 0 saturated carbocycles. The third-order valence-corrected chi connectivity index (χ3v) is 10.7. The van der Waals surface area contributed by atoms with Crippen LogP contribution in [0.5, 0.6) is 0 Å². The lowest BCUT2D eigenvalue weighted by atomic mass is 10.0. The van der Waals surface area contributed by atoms with Crippen molar-refractivity contribution >= 4 is 65.5 Å². The van der Waals surface area contributed by atoms with E-state index in [1.807, 2.05) is 45.3 Å². The first-order valence-electron chi connectivity index (χ1n) is 9.44. The molecule has 5 rings (SSSR count). The second-order valence-electron chi connectivity index (χ2n) is 7.70. The van der Waals surface area contributed by atoms with Crippen molar-refractivity contribution in [3.63, 3.8) is 0 Å². The van der Waals surface area contributed by atoms with Crippen LogP contribution in [0.4, 0.5) is 0 Å². The van der Waals surface area contributed by atoms with E-state index >= 15 is 0 Å². The normalized spacial score (nSPS) is 11.9. The van der Waals surface area contributed by atoms with Crippen molar-refractivity contribution in [3.8, 4) is 19.5 Å². The molecule has 5 aromatic rings. The van der Waals surface area contributed by atoms with Gasteiger partial charge in [0.2, 0.25) is 0 Å². The van der Waals surface area contributed by atoms with Crippen molar-refractivity contribution in [1.82, 2.24) is 0 Å². The van der Waals surface area contributed by atoms with Crippen LogP contribution in [-0.2, 0) is 0 Å². The quantitative estimate of drug-likeness (QED) is 0.257. The van der Waals surface area contributed by atoms with E-state index in [1.54, 1.807) is 0 Å². The molecule has 4 aromatic heterocycles. The number of benzene rings is 1. The summed E-state index contributed by atoms with van der Waals surface area (Å²) < 4.78 is 2.91. The summed E-state index contributed by atoms with van der Waals surface area (Å²) in [7, 11) is 0. The summed E-state index contributed by atoms with van der Waals surface area (Å²) >= 11 is 7.76. The molecular weight excluding hydrogens is 417 g/mol. The highest BCUT2D eigenvalue weighted by atomic mass is 32.1. The van der Waals surface area contributed by atoms with Gasteiger partial charge in [-0.2, -0.15) is 0 Å². The smallest absolute Gasteiger partial charge is 0.0475 e. The van der Waals surface area contributed by atoms with E-state index < -0.39 is 0 Å². The van der Waals surface area contributed by atoms with Gasteiger partial charge in [-0.05, 0) is 98.8 Å². The van der Waals surface area contributed by atoms with Crippen LogP contribution in [0.1, 0.15) is 32.0 Å². The van der Waals surface area contributed by atoms with E-state index in [9.17, 15) is 0 Å². The number of rotatable bonds is 2. The Morgan fingerprint density at radius 2 is 0.893 bits per heavy atom. The minimum atomic E-state index is 1.39. The molecule has 0 N–H and O–H groups in total. The van der Waals surface area contributed by atoms with E-state index in [1.165, 1.54) is 71.7 Å². The Labute approximate surface area is 182 Å². The molecule has 0 bridgehead atoms. The van der Waals surface area contributed by atoms with Gasteiger partial charge >= 0.3 is 0 Å². The fraction of sp³-hybridized carbons (Fsp3) is 0.250. The summed E-state index contributed by atoms with van der Waals surface area (Å²) in [6, 6.07) is 9.47. The van der Waals surface area contributed by atoms with E-state index in [0.29, 0.717) is 0 Å². The Balaban J connectivity index is 1.76. The lowest BCUT2D eigenvalue weighted by Crippen LogP contribution is -1.79. The molecule has 4 heterocycles. The van der Waals surface area contributed by atoms with E-state index in [2.05, 4.69) is 65.8 Å². The number of hydrogen-bond donors (Lipinski definition) is 0. The summed E-state index contributed by atoms with van der Waals surface area (Å²) in [6.45, 7) is 13.5. The van der Waals surface area contributed by atoms with E-state index in [-0.39, 0.29) is 0 Å². The SMILES string of the molecule is Cc1cc(C)c(-c2cc3c(C)c4sc(-c5sc(C)cc5C)cc4c(C)c3s2)s1. The van der Waals surface area contributed by atoms with Crippen LogP contribution in [-0.4, -0.2) is 0 Å². The van der Waals surface area contributed by atoms with E-state index in [0.717, 1.165) is 0 Å². The molecule has 28 heavy (non-hydrogen) atoms. The van der Waals surface area contributed by atoms with Crippen LogP contribution < -0.4 is 0 Å². The third-order valence-electron chi connectivity index (χ3n) is 5.48. The topological polar surface area (TPSA) is 0 Å². The Hall–Kier alpha value is -1.46. The number of thiophene rings is 4. The second-order valence-corrected chi connectivity index (χ2v) is 12.3. The Kier molecular flexibility index (Phi) is 4.33. The Bertz CT molecular complexity index is 1210. The summed E-state index contributed by atoms with van der Waals surface area (Å²) in [4.78, 5) is 8.49. The van der Waals surface area contributed by atoms with Gasteiger partial charge in [0.1, 0.15) is 0 Å². The van der Waals surface area contributed by atoms with Gasteiger partial charge in [-0.1, -0.05) is 0 Å². The molecule has 0 atom stereocenters. The molecule has 0 radical (unpaired) electrons. The van der Waals surface area contributed by atoms with Gasteiger partial charge < -0.3 is 0 Å². The van der Waals surface area contributed by atoms with Crippen molar-refractivity contribution in [3.05, 3.63) is 56.3 Å². The van der Waals surface area contributed by atoms with Crippen LogP contribution >= 0.6 is 45.3 Å². The summed E-state index contributed by atoms with van der Waals surface area (Å²) in [5.74, 6) is 0. The largest absolute Gasteiger partial charge is 0.139 e. The highest BCUT2D eigenvalue weighted by Crippen LogP contribution is 2.47. The van der Waals surface area contributed by atoms with Gasteiger partial charge in [0.15, 0.2) is 0 Å². The van der Waals surface area contributed by atoms with Crippen molar-refractivity contribution in [1.29, 1.82) is 0 Å². The highest BCUT2D eigenvalue weighted by Gasteiger charge is 2.18. The Morgan fingerprint density at radius 3 is 1.21 bits per heavy atom. The molecule has 0 aliphatic heterocycles. The van der Waals surface area contributed by atoms with Gasteiger partial charge in [0.05, 0.1) is 0 Å². The van der Waals surface area contributed by atoms with Gasteiger partial charge in [-0.25, -0.2) is 0 Å². The summed E-state index contributed by atoms with van der Waals surface area (Å²) in [5, 5.41) is 2.87. The zero-order valence-electron chi connectivity index (χ0n) is 16.9. The number of aryl methyl sites for hydroxylation is 6. The fourth-order valence-corrected chi connectivity index (χ4v) is 8.98. The van der Waals surface area contributed by atoms with Crippen LogP contribution in [0.25, 0.3) is 39.7 Å². The first-order valence-corrected chi connectivity index (χ1v) is 12.7. The highest BCUT2D eigenvalue weighted by molar-refractivity contribution is 7.28. The van der Waals surface area contributed by atoms with Gasteiger partial charge in [-0.3, -0.25) is 0 Å². The van der Waals surface area contributed by atoms with E-state index in [4.69, 9.17) is 0 Å². The maximum absolute atomic E-state index is 2.43. The van der Waals surface area contributed by atoms with Gasteiger partial charge in [0.25, 0.3) is 0 Å². The lowest BCUT2D eigenvalue weighted by Gasteiger charge is -2.03. The number of fused-ring (bicyclic) bond motifs is 2. The van der Waals surface area contributed by atoms with Crippen molar-refractivity contribution in [2.24, 2.45) is 0 Å². The minimum Gasteiger partial charge on any atom is -0.139 e. The monoisotopic (exact) mass is 438 g/mol. The van der Waals surface area contributed by atoms with Crippen LogP contribution in [0, 0.1) is 41.5 Å². The maximum atomic E-state index is 2.43. The minimum absolute atomic E-state index is 1.39. The standard InChI is InChI=1S/C24H22S4/c1-11-7-13(3)25-21(11)19-9-17-15(5)24-18(16(6)23(17)27-19)10-20(28-24)22-12(2)8-14(4)26-22/h7-10H,1-6H3. The Morgan fingerprint density at radius 1 is 0.500 bits per heavy atom. The molecule has 0 aliphatic carbocycles. The van der Waals surface area contributed by atoms with Gasteiger partial charge in [0, 0.05) is 38.7 Å². The van der Waals surface area contributed by atoms with Crippen LogP contribution in [0.15, 0.2) is 24.3 Å². The summed E-state index contributed by atoms with van der Waals surface area (Å²) in [6.07, 6.45) is 0. The molecule has 4 heteroatoms. The molecule has 1 aromatic carbocycles. The van der Waals surface area contributed by atoms with Crippen LogP contribution in [0.3, 0.4) is 0 Å². The average molecular weight is 439 g/mol. The average Bonchev–Trinajstić information content (AvgIpc) is 3.38. The third kappa shape index (κ3) is 2.73. The molecule has 0 nitrogen and oxygen atoms in total. The maximum Gasteiger partial charge on any atom is 0.0475 e. The van der Waals surface area contributed by atoms with Crippen molar-refractivity contribution in [2.75, 3.05) is 0 Å². The molecule has 0 fully saturated rings. The fourth-order valence-electron chi connectivity index (χ4n) is 4.14. The molecule has 0 amide bonds. The lowest BCUT2D eigenvalue weighted by molar-refractivity contribution is 1.51. The molecular formula is C24H22S4. The molecule has 0 spiro atoms. The predicted octanol–water partition coefficient (Wildman–Crippen LogP) is 9.42. The van der Waals surface area contributed by atoms with Crippen LogP contribution in [0.2, 0.25) is 0 Å². The molecule has 0 saturated heterocycles. The zero-order valence-corrected chi connectivity index (χ0v) is 20.2.